The van der Waals surface area contributed by atoms with Crippen LogP contribution in [0.2, 0.25) is 5.02 Å². The number of nitrogens with one attached hydrogen (secondary N) is 1. The highest BCUT2D eigenvalue weighted by molar-refractivity contribution is 7.92. The summed E-state index contributed by atoms with van der Waals surface area (Å²) in [5.74, 6) is -0.634. The van der Waals surface area contributed by atoms with Gasteiger partial charge in [0.25, 0.3) is 10.0 Å². The zero-order chi connectivity index (χ0) is 15.8. The molecule has 0 saturated carbocycles. The summed E-state index contributed by atoms with van der Waals surface area (Å²) in [4.78, 5) is 0.0214. The molecule has 0 saturated heterocycles. The number of hydrogen-bond donors (Lipinski definition) is 2. The van der Waals surface area contributed by atoms with Crippen LogP contribution in [-0.4, -0.2) is 13.5 Å². The second-order valence-corrected chi connectivity index (χ2v) is 6.67. The number of hydrogen-bond acceptors (Lipinski definition) is 3. The predicted octanol–water partition coefficient (Wildman–Crippen LogP) is 3.60. The summed E-state index contributed by atoms with van der Waals surface area (Å²) < 4.78 is 40.4. The summed E-state index contributed by atoms with van der Waals surface area (Å²) in [5, 5.41) is 9.36. The third-order valence-corrected chi connectivity index (χ3v) is 4.88. The lowest BCUT2D eigenvalue weighted by molar-refractivity contribution is 0.475. The van der Waals surface area contributed by atoms with Gasteiger partial charge in [0.2, 0.25) is 0 Å². The van der Waals surface area contributed by atoms with Crippen molar-refractivity contribution in [2.75, 3.05) is 4.72 Å². The Morgan fingerprint density at radius 2 is 1.71 bits per heavy atom. The van der Waals surface area contributed by atoms with Gasteiger partial charge in [-0.1, -0.05) is 11.6 Å². The van der Waals surface area contributed by atoms with E-state index in [2.05, 4.69) is 4.72 Å². The Morgan fingerprint density at radius 3 is 2.24 bits per heavy atom. The molecule has 0 amide bonds. The van der Waals surface area contributed by atoms with E-state index in [0.29, 0.717) is 11.1 Å². The summed E-state index contributed by atoms with van der Waals surface area (Å²) in [6.45, 7) is 3.04. The van der Waals surface area contributed by atoms with E-state index < -0.39 is 15.8 Å². The number of phenols is 1. The molecule has 0 spiro atoms. The maximum atomic E-state index is 13.3. The molecule has 2 rings (SSSR count). The van der Waals surface area contributed by atoms with Crippen LogP contribution in [-0.2, 0) is 10.0 Å². The van der Waals surface area contributed by atoms with Crippen LogP contribution in [0.25, 0.3) is 0 Å². The molecule has 0 heterocycles. The van der Waals surface area contributed by atoms with E-state index in [4.69, 9.17) is 11.6 Å². The smallest absolute Gasteiger partial charge is 0.262 e. The van der Waals surface area contributed by atoms with Crippen LogP contribution >= 0.6 is 11.6 Å². The molecule has 0 radical (unpaired) electrons. The molecule has 0 aliphatic carbocycles. The molecule has 4 nitrogen and oxygen atoms in total. The number of rotatable bonds is 3. The lowest BCUT2D eigenvalue weighted by atomic mass is 10.1. The van der Waals surface area contributed by atoms with E-state index in [9.17, 15) is 17.9 Å². The Morgan fingerprint density at radius 1 is 1.14 bits per heavy atom. The highest BCUT2D eigenvalue weighted by atomic mass is 35.5. The van der Waals surface area contributed by atoms with Gasteiger partial charge < -0.3 is 5.11 Å². The third-order valence-electron chi connectivity index (χ3n) is 2.89. The third kappa shape index (κ3) is 3.28. The SMILES string of the molecule is Cc1cc(F)cc(C)c1S(=O)(=O)Nc1ccc(O)c(Cl)c1. The topological polar surface area (TPSA) is 66.4 Å². The average Bonchev–Trinajstić information content (AvgIpc) is 2.31. The lowest BCUT2D eigenvalue weighted by Crippen LogP contribution is -2.16. The number of anilines is 1. The van der Waals surface area contributed by atoms with Crippen molar-refractivity contribution in [2.45, 2.75) is 18.7 Å². The van der Waals surface area contributed by atoms with Crippen molar-refractivity contribution in [1.82, 2.24) is 0 Å². The Kier molecular flexibility index (Phi) is 4.11. The van der Waals surface area contributed by atoms with Crippen molar-refractivity contribution < 1.29 is 17.9 Å². The zero-order valence-electron chi connectivity index (χ0n) is 11.3. The Bertz CT molecular complexity index is 783. The van der Waals surface area contributed by atoms with Crippen molar-refractivity contribution in [1.29, 1.82) is 0 Å². The van der Waals surface area contributed by atoms with Gasteiger partial charge in [0.1, 0.15) is 11.6 Å². The van der Waals surface area contributed by atoms with Crippen molar-refractivity contribution in [3.05, 3.63) is 52.3 Å². The van der Waals surface area contributed by atoms with Crippen LogP contribution in [0, 0.1) is 19.7 Å². The van der Waals surface area contributed by atoms with Gasteiger partial charge in [0, 0.05) is 0 Å². The molecule has 2 aromatic rings. The first-order chi connectivity index (χ1) is 9.70. The highest BCUT2D eigenvalue weighted by Crippen LogP contribution is 2.29. The number of phenolic OH excluding ortho intramolecular Hbond substituents is 1. The van der Waals surface area contributed by atoms with Crippen LogP contribution in [0.3, 0.4) is 0 Å². The molecule has 0 bridgehead atoms. The van der Waals surface area contributed by atoms with Gasteiger partial charge in [-0.3, -0.25) is 4.72 Å². The first-order valence-electron chi connectivity index (χ1n) is 5.99. The molecule has 0 fully saturated rings. The van der Waals surface area contributed by atoms with Crippen LogP contribution in [0.5, 0.6) is 5.75 Å². The zero-order valence-corrected chi connectivity index (χ0v) is 12.9. The second kappa shape index (κ2) is 5.54. The van der Waals surface area contributed by atoms with E-state index in [1.165, 1.54) is 32.0 Å². The number of benzene rings is 2. The van der Waals surface area contributed by atoms with Crippen molar-refractivity contribution in [2.24, 2.45) is 0 Å². The van der Waals surface area contributed by atoms with Crippen LogP contribution in [0.15, 0.2) is 35.2 Å². The number of aryl methyl sites for hydroxylation is 2. The number of halogens is 2. The molecule has 0 atom stereocenters. The van der Waals surface area contributed by atoms with Crippen LogP contribution < -0.4 is 4.72 Å². The van der Waals surface area contributed by atoms with Crippen LogP contribution in [0.4, 0.5) is 10.1 Å². The van der Waals surface area contributed by atoms with Gasteiger partial charge in [-0.15, -0.1) is 0 Å². The van der Waals surface area contributed by atoms with E-state index in [-0.39, 0.29) is 21.4 Å². The molecule has 0 aliphatic rings. The summed E-state index contributed by atoms with van der Waals surface area (Å²) in [6.07, 6.45) is 0. The predicted molar refractivity (Wildman–Crippen MR) is 79.8 cm³/mol. The molecule has 0 aliphatic heterocycles. The molecule has 7 heteroatoms. The fourth-order valence-corrected chi connectivity index (χ4v) is 3.78. The summed E-state index contributed by atoms with van der Waals surface area (Å²) >= 11 is 5.74. The molecule has 0 unspecified atom stereocenters. The van der Waals surface area contributed by atoms with E-state index in [0.717, 1.165) is 12.1 Å². The molecule has 2 N–H and O–H groups in total. The van der Waals surface area contributed by atoms with Gasteiger partial charge >= 0.3 is 0 Å². The Hall–Kier alpha value is -1.79. The van der Waals surface area contributed by atoms with Gasteiger partial charge in [-0.05, 0) is 55.3 Å². The van der Waals surface area contributed by atoms with Gasteiger partial charge in [-0.25, -0.2) is 12.8 Å². The maximum Gasteiger partial charge on any atom is 0.262 e. The van der Waals surface area contributed by atoms with E-state index in [1.807, 2.05) is 0 Å². The largest absolute Gasteiger partial charge is 0.506 e. The average molecular weight is 330 g/mol. The second-order valence-electron chi connectivity index (χ2n) is 4.64. The molecule has 21 heavy (non-hydrogen) atoms. The maximum absolute atomic E-state index is 13.3. The minimum atomic E-state index is -3.88. The fraction of sp³-hybridized carbons (Fsp3) is 0.143. The first kappa shape index (κ1) is 15.6. The monoisotopic (exact) mass is 329 g/mol. The Labute approximate surface area is 127 Å². The minimum absolute atomic E-state index is 0.0214. The standard InChI is InChI=1S/C14H13ClFNO3S/c1-8-5-10(16)6-9(2)14(8)21(19,20)17-11-3-4-13(18)12(15)7-11/h3-7,17-18H,1-2H3. The van der Waals surface area contributed by atoms with Gasteiger partial charge in [0.05, 0.1) is 15.6 Å². The number of aromatic hydroxyl groups is 1. The lowest BCUT2D eigenvalue weighted by Gasteiger charge is -2.13. The van der Waals surface area contributed by atoms with Gasteiger partial charge in [-0.2, -0.15) is 0 Å². The van der Waals surface area contributed by atoms with Gasteiger partial charge in [0.15, 0.2) is 0 Å². The fourth-order valence-electron chi connectivity index (χ4n) is 2.10. The quantitative estimate of drug-likeness (QED) is 0.845. The summed E-state index contributed by atoms with van der Waals surface area (Å²) in [7, 11) is -3.88. The van der Waals surface area contributed by atoms with Crippen molar-refractivity contribution >= 4 is 27.3 Å². The van der Waals surface area contributed by atoms with E-state index in [1.54, 1.807) is 0 Å². The normalized spacial score (nSPS) is 11.4. The number of sulfonamides is 1. The van der Waals surface area contributed by atoms with E-state index >= 15 is 0 Å². The molecule has 112 valence electrons. The molecular formula is C14H13ClFNO3S. The summed E-state index contributed by atoms with van der Waals surface area (Å²) in [6, 6.07) is 6.27. The Balaban J connectivity index is 2.46. The first-order valence-corrected chi connectivity index (χ1v) is 7.85. The summed E-state index contributed by atoms with van der Waals surface area (Å²) in [5.41, 5.74) is 0.829. The highest BCUT2D eigenvalue weighted by Gasteiger charge is 2.20. The van der Waals surface area contributed by atoms with Crippen molar-refractivity contribution in [3.8, 4) is 5.75 Å². The molecular weight excluding hydrogens is 317 g/mol. The molecule has 0 aromatic heterocycles. The minimum Gasteiger partial charge on any atom is -0.506 e. The van der Waals surface area contributed by atoms with Crippen molar-refractivity contribution in [3.63, 3.8) is 0 Å². The molecule has 2 aromatic carbocycles. The van der Waals surface area contributed by atoms with Crippen LogP contribution in [0.1, 0.15) is 11.1 Å².